The topological polar surface area (TPSA) is 17.1 Å². The number of ketones is 1. The van der Waals surface area contributed by atoms with Crippen LogP contribution in [-0.2, 0) is 0 Å². The average molecular weight is 371 g/mol. The number of carbonyl (C=O) groups is 1. The molecule has 1 nitrogen and oxygen atoms in total. The van der Waals surface area contributed by atoms with Gasteiger partial charge in [-0.3, -0.25) is 4.79 Å². The Morgan fingerprint density at radius 1 is 1.23 bits per heavy atom. The second kappa shape index (κ2) is 4.24. The Bertz CT molecular complexity index is 311. The maximum absolute atomic E-state index is 11.7. The molecule has 0 aliphatic heterocycles. The van der Waals surface area contributed by atoms with Crippen molar-refractivity contribution in [2.45, 2.75) is 10.2 Å². The maximum atomic E-state index is 11.7. The van der Waals surface area contributed by atoms with E-state index in [2.05, 4.69) is 47.8 Å². The zero-order chi connectivity index (χ0) is 10.1. The molecule has 0 unspecified atom stereocenters. The van der Waals surface area contributed by atoms with Gasteiger partial charge in [0.15, 0.2) is 5.78 Å². The van der Waals surface area contributed by atoms with Gasteiger partial charge in [-0.05, 0) is 19.1 Å². The fourth-order valence-electron chi connectivity index (χ4n) is 0.855. The van der Waals surface area contributed by atoms with Gasteiger partial charge in [0.05, 0.1) is 0 Å². The van der Waals surface area contributed by atoms with Crippen molar-refractivity contribution in [1.29, 1.82) is 0 Å². The van der Waals surface area contributed by atoms with Crippen molar-refractivity contribution in [3.8, 4) is 0 Å². The van der Waals surface area contributed by atoms with Gasteiger partial charge in [-0.25, -0.2) is 0 Å². The van der Waals surface area contributed by atoms with E-state index >= 15 is 0 Å². The van der Waals surface area contributed by atoms with Crippen LogP contribution in [0.1, 0.15) is 17.3 Å². The number of alkyl halides is 2. The van der Waals surface area contributed by atoms with Crippen molar-refractivity contribution in [3.05, 3.63) is 34.3 Å². The lowest BCUT2D eigenvalue weighted by Gasteiger charge is -2.12. The number of benzene rings is 1. The molecule has 0 aliphatic rings. The average Bonchev–Trinajstić information content (AvgIpc) is 2.03. The maximum Gasteiger partial charge on any atom is 0.189 e. The minimum atomic E-state index is -0.673. The highest BCUT2D eigenvalue weighted by atomic mass is 79.9. The normalized spacial score (nSPS) is 11.4. The molecule has 0 atom stereocenters. The Kier molecular flexibility index (Phi) is 3.72. The molecular weight excluding hydrogens is 364 g/mol. The summed E-state index contributed by atoms with van der Waals surface area (Å²) in [5, 5.41) is 0. The van der Waals surface area contributed by atoms with Gasteiger partial charge in [-0.2, -0.15) is 0 Å². The Labute approximate surface area is 102 Å². The highest BCUT2D eigenvalue weighted by molar-refractivity contribution is 9.25. The van der Waals surface area contributed by atoms with Crippen molar-refractivity contribution in [1.82, 2.24) is 0 Å². The van der Waals surface area contributed by atoms with Crippen molar-refractivity contribution in [3.63, 3.8) is 0 Å². The van der Waals surface area contributed by atoms with Crippen LogP contribution in [0.25, 0.3) is 0 Å². The fourth-order valence-corrected chi connectivity index (χ4v) is 1.58. The first kappa shape index (κ1) is 11.4. The van der Waals surface area contributed by atoms with E-state index in [1.54, 1.807) is 19.1 Å². The minimum absolute atomic E-state index is 0.0139. The van der Waals surface area contributed by atoms with Crippen molar-refractivity contribution >= 4 is 53.6 Å². The van der Waals surface area contributed by atoms with Gasteiger partial charge in [0, 0.05) is 10.0 Å². The van der Waals surface area contributed by atoms with Gasteiger partial charge < -0.3 is 0 Å². The highest BCUT2D eigenvalue weighted by Gasteiger charge is 2.26. The van der Waals surface area contributed by atoms with Crippen LogP contribution in [0, 0.1) is 0 Å². The smallest absolute Gasteiger partial charge is 0.189 e. The van der Waals surface area contributed by atoms with Crippen LogP contribution < -0.4 is 0 Å². The van der Waals surface area contributed by atoms with Crippen LogP contribution in [0.2, 0.25) is 0 Å². The lowest BCUT2D eigenvalue weighted by molar-refractivity contribution is 0.0988. The van der Waals surface area contributed by atoms with Crippen LogP contribution in [0.15, 0.2) is 28.7 Å². The van der Waals surface area contributed by atoms with E-state index in [0.29, 0.717) is 5.56 Å². The monoisotopic (exact) mass is 368 g/mol. The lowest BCUT2D eigenvalue weighted by Crippen LogP contribution is -2.20. The molecule has 0 aromatic heterocycles. The summed E-state index contributed by atoms with van der Waals surface area (Å²) in [6, 6.07) is 7.26. The van der Waals surface area contributed by atoms with Gasteiger partial charge in [0.25, 0.3) is 0 Å². The number of Topliss-reactive ketones (excluding diaryl/α,β-unsaturated/α-hetero) is 1. The third-order valence-corrected chi connectivity index (χ3v) is 2.75. The van der Waals surface area contributed by atoms with Crippen LogP contribution >= 0.6 is 47.8 Å². The van der Waals surface area contributed by atoms with E-state index in [0.717, 1.165) is 4.47 Å². The SMILES string of the molecule is CC(Br)(Br)C(=O)c1ccc(Br)cc1. The standard InChI is InChI=1S/C9H7Br3O/c1-9(11,12)8(13)6-2-4-7(10)5-3-6/h2-5H,1H3. The van der Waals surface area contributed by atoms with Crippen LogP contribution in [0.4, 0.5) is 0 Å². The van der Waals surface area contributed by atoms with E-state index in [-0.39, 0.29) is 5.78 Å². The zero-order valence-electron chi connectivity index (χ0n) is 6.85. The van der Waals surface area contributed by atoms with E-state index in [9.17, 15) is 4.79 Å². The number of carbonyl (C=O) groups excluding carboxylic acids is 1. The first-order chi connectivity index (χ1) is 5.91. The summed E-state index contributed by atoms with van der Waals surface area (Å²) >= 11 is 9.82. The van der Waals surface area contributed by atoms with Crippen LogP contribution in [-0.4, -0.2) is 9.02 Å². The molecule has 0 bridgehead atoms. The van der Waals surface area contributed by atoms with Gasteiger partial charge in [-0.15, -0.1) is 0 Å². The Hall–Kier alpha value is 0.330. The van der Waals surface area contributed by atoms with Gasteiger partial charge in [-0.1, -0.05) is 59.9 Å². The molecule has 0 aliphatic carbocycles. The van der Waals surface area contributed by atoms with Crippen LogP contribution in [0.3, 0.4) is 0 Å². The van der Waals surface area contributed by atoms with Gasteiger partial charge >= 0.3 is 0 Å². The molecule has 4 heteroatoms. The summed E-state index contributed by atoms with van der Waals surface area (Å²) in [6.45, 7) is 1.76. The molecule has 1 aromatic carbocycles. The van der Waals surface area contributed by atoms with E-state index in [1.807, 2.05) is 12.1 Å². The van der Waals surface area contributed by atoms with E-state index in [1.165, 1.54) is 0 Å². The molecular formula is C9H7Br3O. The summed E-state index contributed by atoms with van der Waals surface area (Å²) < 4.78 is 0.295. The second-order valence-corrected chi connectivity index (χ2v) is 7.88. The number of hydrogen-bond donors (Lipinski definition) is 0. The van der Waals surface area contributed by atoms with Crippen molar-refractivity contribution < 1.29 is 4.79 Å². The molecule has 0 radical (unpaired) electrons. The van der Waals surface area contributed by atoms with Gasteiger partial charge in [0.2, 0.25) is 0 Å². The number of rotatable bonds is 2. The first-order valence-corrected chi connectivity index (χ1v) is 5.97. The Morgan fingerprint density at radius 3 is 2.08 bits per heavy atom. The summed E-state index contributed by atoms with van der Waals surface area (Å²) in [4.78, 5) is 11.7. The predicted molar refractivity (Wildman–Crippen MR) is 64.7 cm³/mol. The van der Waals surface area contributed by atoms with Crippen molar-refractivity contribution in [2.24, 2.45) is 0 Å². The second-order valence-electron chi connectivity index (χ2n) is 2.72. The third kappa shape index (κ3) is 3.18. The minimum Gasteiger partial charge on any atom is -0.292 e. The van der Waals surface area contributed by atoms with E-state index in [4.69, 9.17) is 0 Å². The summed E-state index contributed by atoms with van der Waals surface area (Å²) in [7, 11) is 0. The molecule has 13 heavy (non-hydrogen) atoms. The molecule has 70 valence electrons. The summed E-state index contributed by atoms with van der Waals surface area (Å²) in [5.41, 5.74) is 0.680. The fraction of sp³-hybridized carbons (Fsp3) is 0.222. The molecule has 1 rings (SSSR count). The molecule has 0 amide bonds. The zero-order valence-corrected chi connectivity index (χ0v) is 11.6. The molecule has 0 spiro atoms. The Balaban J connectivity index is 2.97. The first-order valence-electron chi connectivity index (χ1n) is 3.59. The molecule has 0 saturated carbocycles. The predicted octanol–water partition coefficient (Wildman–Crippen LogP) is 4.14. The molecule has 1 aromatic rings. The highest BCUT2D eigenvalue weighted by Crippen LogP contribution is 2.29. The summed E-state index contributed by atoms with van der Waals surface area (Å²) in [5.74, 6) is 0.0139. The molecule has 0 heterocycles. The van der Waals surface area contributed by atoms with E-state index < -0.39 is 3.23 Å². The lowest BCUT2D eigenvalue weighted by atomic mass is 10.1. The number of hydrogen-bond acceptors (Lipinski definition) is 1. The Morgan fingerprint density at radius 2 is 1.69 bits per heavy atom. The number of halogens is 3. The molecule has 0 fully saturated rings. The van der Waals surface area contributed by atoms with Crippen LogP contribution in [0.5, 0.6) is 0 Å². The van der Waals surface area contributed by atoms with Crippen molar-refractivity contribution in [2.75, 3.05) is 0 Å². The quantitative estimate of drug-likeness (QED) is 0.565. The summed E-state index contributed by atoms with van der Waals surface area (Å²) in [6.07, 6.45) is 0. The molecule has 0 N–H and O–H groups in total. The van der Waals surface area contributed by atoms with Gasteiger partial charge in [0.1, 0.15) is 3.23 Å². The third-order valence-electron chi connectivity index (χ3n) is 1.51. The largest absolute Gasteiger partial charge is 0.292 e. The molecule has 0 saturated heterocycles.